The van der Waals surface area contributed by atoms with E-state index in [1.807, 2.05) is 0 Å². The molecule has 20 heavy (non-hydrogen) atoms. The van der Waals surface area contributed by atoms with Crippen molar-refractivity contribution in [3.8, 4) is 5.75 Å². The smallest absolute Gasteiger partial charge is 0.133 e. The van der Waals surface area contributed by atoms with E-state index in [-0.39, 0.29) is 0 Å². The molecule has 0 radical (unpaired) electrons. The first-order valence-electron chi connectivity index (χ1n) is 7.80. The molecule has 112 valence electrons. The first-order chi connectivity index (χ1) is 9.56. The average molecular weight is 276 g/mol. The molecule has 1 rings (SSSR count). The SMILES string of the molecule is CCCOc1ccc(C)cc1CC(C)CC(=O)CCC. The molecule has 1 aromatic rings. The molecule has 0 aromatic heterocycles. The summed E-state index contributed by atoms with van der Waals surface area (Å²) < 4.78 is 5.81. The van der Waals surface area contributed by atoms with Crippen molar-refractivity contribution in [2.75, 3.05) is 6.61 Å². The van der Waals surface area contributed by atoms with E-state index < -0.39 is 0 Å². The molecular weight excluding hydrogens is 248 g/mol. The molecule has 2 nitrogen and oxygen atoms in total. The lowest BCUT2D eigenvalue weighted by Gasteiger charge is -2.15. The first kappa shape index (κ1) is 16.7. The minimum absolute atomic E-state index is 0.375. The van der Waals surface area contributed by atoms with Crippen LogP contribution in [0, 0.1) is 12.8 Å². The predicted octanol–water partition coefficient (Wildman–Crippen LogP) is 4.72. The second-order valence-corrected chi connectivity index (χ2v) is 5.76. The number of ether oxygens (including phenoxy) is 1. The summed E-state index contributed by atoms with van der Waals surface area (Å²) >= 11 is 0. The van der Waals surface area contributed by atoms with Crippen molar-refractivity contribution in [1.82, 2.24) is 0 Å². The first-order valence-corrected chi connectivity index (χ1v) is 7.80. The lowest BCUT2D eigenvalue weighted by Crippen LogP contribution is -2.09. The molecule has 0 saturated heterocycles. The predicted molar refractivity (Wildman–Crippen MR) is 84.4 cm³/mol. The highest BCUT2D eigenvalue weighted by molar-refractivity contribution is 5.78. The molecule has 1 unspecified atom stereocenters. The van der Waals surface area contributed by atoms with Gasteiger partial charge < -0.3 is 4.74 Å². The van der Waals surface area contributed by atoms with Crippen molar-refractivity contribution < 1.29 is 9.53 Å². The van der Waals surface area contributed by atoms with E-state index in [0.29, 0.717) is 24.5 Å². The number of Topliss-reactive ketones (excluding diaryl/α,β-unsaturated/α-hetero) is 1. The highest BCUT2D eigenvalue weighted by atomic mass is 16.5. The van der Waals surface area contributed by atoms with Gasteiger partial charge in [-0.25, -0.2) is 0 Å². The Hall–Kier alpha value is -1.31. The lowest BCUT2D eigenvalue weighted by atomic mass is 9.93. The van der Waals surface area contributed by atoms with Gasteiger partial charge in [-0.05, 0) is 43.7 Å². The third kappa shape index (κ3) is 5.77. The van der Waals surface area contributed by atoms with Crippen LogP contribution in [0.1, 0.15) is 57.6 Å². The molecule has 0 fully saturated rings. The Morgan fingerprint density at radius 3 is 2.65 bits per heavy atom. The Bertz CT molecular complexity index is 423. The number of rotatable bonds is 9. The van der Waals surface area contributed by atoms with E-state index >= 15 is 0 Å². The van der Waals surface area contributed by atoms with Crippen molar-refractivity contribution in [2.24, 2.45) is 5.92 Å². The summed E-state index contributed by atoms with van der Waals surface area (Å²) in [6, 6.07) is 6.33. The topological polar surface area (TPSA) is 26.3 Å². The van der Waals surface area contributed by atoms with Crippen LogP contribution in [0.4, 0.5) is 0 Å². The summed E-state index contributed by atoms with van der Waals surface area (Å²) in [6.07, 6.45) is 4.25. The van der Waals surface area contributed by atoms with Crippen LogP contribution in [0.25, 0.3) is 0 Å². The molecule has 0 amide bonds. The summed E-state index contributed by atoms with van der Waals surface area (Å²) in [5.74, 6) is 1.73. The molecule has 0 saturated carbocycles. The number of benzene rings is 1. The van der Waals surface area contributed by atoms with Crippen molar-refractivity contribution in [2.45, 2.75) is 59.8 Å². The van der Waals surface area contributed by atoms with Crippen molar-refractivity contribution >= 4 is 5.78 Å². The number of hydrogen-bond acceptors (Lipinski definition) is 2. The molecule has 0 spiro atoms. The third-order valence-corrected chi connectivity index (χ3v) is 3.35. The van der Waals surface area contributed by atoms with E-state index in [1.54, 1.807) is 0 Å². The molecule has 0 bridgehead atoms. The van der Waals surface area contributed by atoms with Gasteiger partial charge in [0.1, 0.15) is 11.5 Å². The normalized spacial score (nSPS) is 12.2. The van der Waals surface area contributed by atoms with E-state index in [0.717, 1.165) is 31.6 Å². The number of aryl methyl sites for hydroxylation is 1. The maximum absolute atomic E-state index is 11.7. The number of carbonyl (C=O) groups is 1. The van der Waals surface area contributed by atoms with Crippen molar-refractivity contribution in [3.63, 3.8) is 0 Å². The largest absolute Gasteiger partial charge is 0.493 e. The van der Waals surface area contributed by atoms with E-state index in [2.05, 4.69) is 45.9 Å². The zero-order valence-corrected chi connectivity index (χ0v) is 13.4. The van der Waals surface area contributed by atoms with Gasteiger partial charge in [-0.1, -0.05) is 38.5 Å². The van der Waals surface area contributed by atoms with Crippen LogP contribution in [0.2, 0.25) is 0 Å². The Morgan fingerprint density at radius 2 is 2.00 bits per heavy atom. The number of hydrogen-bond donors (Lipinski definition) is 0. The van der Waals surface area contributed by atoms with Gasteiger partial charge in [-0.15, -0.1) is 0 Å². The van der Waals surface area contributed by atoms with Gasteiger partial charge in [0.25, 0.3) is 0 Å². The summed E-state index contributed by atoms with van der Waals surface area (Å²) in [5, 5.41) is 0. The zero-order chi connectivity index (χ0) is 15.0. The van der Waals surface area contributed by atoms with Gasteiger partial charge in [-0.2, -0.15) is 0 Å². The number of carbonyl (C=O) groups excluding carboxylic acids is 1. The van der Waals surface area contributed by atoms with Crippen LogP contribution >= 0.6 is 0 Å². The van der Waals surface area contributed by atoms with Crippen LogP contribution in [0.3, 0.4) is 0 Å². The third-order valence-electron chi connectivity index (χ3n) is 3.35. The zero-order valence-electron chi connectivity index (χ0n) is 13.4. The van der Waals surface area contributed by atoms with Gasteiger partial charge in [0.2, 0.25) is 0 Å². The van der Waals surface area contributed by atoms with Crippen LogP contribution in [-0.2, 0) is 11.2 Å². The van der Waals surface area contributed by atoms with Gasteiger partial charge in [0.05, 0.1) is 6.61 Å². The molecule has 1 aromatic carbocycles. The van der Waals surface area contributed by atoms with E-state index in [1.165, 1.54) is 11.1 Å². The lowest BCUT2D eigenvalue weighted by molar-refractivity contribution is -0.119. The molecule has 2 heteroatoms. The monoisotopic (exact) mass is 276 g/mol. The summed E-state index contributed by atoms with van der Waals surface area (Å²) in [5.41, 5.74) is 2.48. The number of ketones is 1. The van der Waals surface area contributed by atoms with Crippen LogP contribution in [0.5, 0.6) is 5.75 Å². The van der Waals surface area contributed by atoms with Gasteiger partial charge in [-0.3, -0.25) is 4.79 Å². The Kier molecular flexibility index (Phi) is 7.35. The average Bonchev–Trinajstić information content (AvgIpc) is 2.37. The van der Waals surface area contributed by atoms with E-state index in [4.69, 9.17) is 4.74 Å². The minimum atomic E-state index is 0.375. The molecule has 0 heterocycles. The second kappa shape index (κ2) is 8.78. The van der Waals surface area contributed by atoms with E-state index in [9.17, 15) is 4.79 Å². The van der Waals surface area contributed by atoms with Crippen LogP contribution < -0.4 is 4.74 Å². The van der Waals surface area contributed by atoms with Gasteiger partial charge in [0, 0.05) is 12.8 Å². The van der Waals surface area contributed by atoms with Crippen molar-refractivity contribution in [1.29, 1.82) is 0 Å². The van der Waals surface area contributed by atoms with Crippen molar-refractivity contribution in [3.05, 3.63) is 29.3 Å². The minimum Gasteiger partial charge on any atom is -0.493 e. The fraction of sp³-hybridized carbons (Fsp3) is 0.611. The summed E-state index contributed by atoms with van der Waals surface area (Å²) in [6.45, 7) is 9.17. The molecular formula is C18H28O2. The molecule has 1 atom stereocenters. The molecule has 0 N–H and O–H groups in total. The Morgan fingerprint density at radius 1 is 1.25 bits per heavy atom. The fourth-order valence-electron chi connectivity index (χ4n) is 2.44. The maximum atomic E-state index is 11.7. The highest BCUT2D eigenvalue weighted by Gasteiger charge is 2.12. The standard InChI is InChI=1S/C18H28O2/c1-5-7-17(19)13-15(4)12-16-11-14(3)8-9-18(16)20-10-6-2/h8-9,11,15H,5-7,10,12-13H2,1-4H3. The summed E-state index contributed by atoms with van der Waals surface area (Å²) in [4.78, 5) is 11.7. The van der Waals surface area contributed by atoms with Gasteiger partial charge >= 0.3 is 0 Å². The molecule has 0 aliphatic rings. The van der Waals surface area contributed by atoms with Crippen LogP contribution in [-0.4, -0.2) is 12.4 Å². The van der Waals surface area contributed by atoms with Crippen LogP contribution in [0.15, 0.2) is 18.2 Å². The maximum Gasteiger partial charge on any atom is 0.133 e. The highest BCUT2D eigenvalue weighted by Crippen LogP contribution is 2.24. The quantitative estimate of drug-likeness (QED) is 0.652. The second-order valence-electron chi connectivity index (χ2n) is 5.76. The van der Waals surface area contributed by atoms with Gasteiger partial charge in [0.15, 0.2) is 0 Å². The molecule has 0 aliphatic heterocycles. The summed E-state index contributed by atoms with van der Waals surface area (Å²) in [7, 11) is 0. The molecule has 0 aliphatic carbocycles. The fourth-order valence-corrected chi connectivity index (χ4v) is 2.44. The Labute approximate surface area is 123 Å². The Balaban J connectivity index is 2.69.